The second kappa shape index (κ2) is 15.5. The molecule has 0 saturated carbocycles. The fraction of sp³-hybridized carbons (Fsp3) is 0.324. The molecule has 0 bridgehead atoms. The fourth-order valence-electron chi connectivity index (χ4n) is 6.33. The number of fused-ring (bicyclic) bond motifs is 1. The summed E-state index contributed by atoms with van der Waals surface area (Å²) in [5.41, 5.74) is 7.76. The average molecular weight is 691 g/mol. The van der Waals surface area contributed by atoms with Gasteiger partial charge in [-0.25, -0.2) is 18.0 Å². The molecule has 2 heterocycles. The van der Waals surface area contributed by atoms with Crippen molar-refractivity contribution >= 4 is 34.2 Å². The maximum Gasteiger partial charge on any atom is 0.341 e. The Morgan fingerprint density at radius 3 is 2.48 bits per heavy atom. The quantitative estimate of drug-likeness (QED) is 0.116. The number of carbonyl (C=O) groups is 2. The molecule has 10 nitrogen and oxygen atoms in total. The number of unbranched alkanes of at least 4 members (excludes halogenated alkanes) is 1. The lowest BCUT2D eigenvalue weighted by Crippen LogP contribution is -2.52. The molecule has 4 aromatic rings. The molecular weight excluding hydrogens is 649 g/mol. The summed E-state index contributed by atoms with van der Waals surface area (Å²) >= 11 is 0. The van der Waals surface area contributed by atoms with E-state index in [1.165, 1.54) is 23.3 Å². The van der Waals surface area contributed by atoms with Crippen LogP contribution in [0.15, 0.2) is 71.4 Å². The molecule has 1 saturated heterocycles. The van der Waals surface area contributed by atoms with E-state index in [0.717, 1.165) is 60.5 Å². The number of aromatic carboxylic acids is 1. The zero-order chi connectivity index (χ0) is 36.1. The van der Waals surface area contributed by atoms with Crippen LogP contribution in [-0.2, 0) is 11.2 Å². The zero-order valence-electron chi connectivity index (χ0n) is 28.2. The smallest absolute Gasteiger partial charge is 0.341 e. The van der Waals surface area contributed by atoms with Crippen LogP contribution in [0.2, 0.25) is 0 Å². The van der Waals surface area contributed by atoms with Crippen LogP contribution in [-0.4, -0.2) is 65.2 Å². The van der Waals surface area contributed by atoms with Gasteiger partial charge in [0.25, 0.3) is 0 Å². The molecule has 0 spiro atoms. The average Bonchev–Trinajstić information content (AvgIpc) is 3.06. The van der Waals surface area contributed by atoms with E-state index in [0.29, 0.717) is 32.2 Å². The Kier molecular flexibility index (Phi) is 11.2. The van der Waals surface area contributed by atoms with Crippen molar-refractivity contribution in [2.24, 2.45) is 5.73 Å². The predicted octanol–water partition coefficient (Wildman–Crippen LogP) is 5.30. The van der Waals surface area contributed by atoms with E-state index in [1.54, 1.807) is 0 Å². The van der Waals surface area contributed by atoms with Crippen LogP contribution in [0.1, 0.15) is 48.2 Å². The van der Waals surface area contributed by atoms with Gasteiger partial charge in [0.1, 0.15) is 28.8 Å². The Hall–Kier alpha value is -5.30. The lowest BCUT2D eigenvalue weighted by atomic mass is 10.1. The van der Waals surface area contributed by atoms with E-state index in [1.807, 2.05) is 30.0 Å². The maximum absolute atomic E-state index is 15.6. The first-order valence-electron chi connectivity index (χ1n) is 16.5. The molecule has 5 N–H and O–H groups in total. The molecule has 3 aromatic carbocycles. The number of benzene rings is 3. The Morgan fingerprint density at radius 2 is 1.78 bits per heavy atom. The number of nitrogens with zero attached hydrogens (tertiary/aromatic N) is 3. The number of amides is 1. The summed E-state index contributed by atoms with van der Waals surface area (Å²) in [7, 11) is 0. The lowest BCUT2D eigenvalue weighted by molar-refractivity contribution is -0.116. The number of aromatic nitrogens is 1. The van der Waals surface area contributed by atoms with Gasteiger partial charge in [-0.05, 0) is 87.2 Å². The van der Waals surface area contributed by atoms with Crippen LogP contribution in [0.4, 0.5) is 24.5 Å². The van der Waals surface area contributed by atoms with Crippen LogP contribution in [0.5, 0.6) is 0 Å². The molecule has 1 atom stereocenters. The van der Waals surface area contributed by atoms with Gasteiger partial charge >= 0.3 is 5.97 Å². The first-order chi connectivity index (χ1) is 23.9. The summed E-state index contributed by atoms with van der Waals surface area (Å²) in [6.07, 6.45) is 4.76. The van der Waals surface area contributed by atoms with Gasteiger partial charge in [0.15, 0.2) is 0 Å². The van der Waals surface area contributed by atoms with Gasteiger partial charge in [0.2, 0.25) is 11.3 Å². The number of piperazine rings is 1. The van der Waals surface area contributed by atoms with Crippen molar-refractivity contribution in [2.75, 3.05) is 42.9 Å². The first-order valence-corrected chi connectivity index (χ1v) is 16.5. The molecule has 1 aliphatic rings. The van der Waals surface area contributed by atoms with Crippen LogP contribution in [0.3, 0.4) is 0 Å². The summed E-state index contributed by atoms with van der Waals surface area (Å²) in [4.78, 5) is 41.3. The van der Waals surface area contributed by atoms with Gasteiger partial charge in [0.05, 0.1) is 16.9 Å². The highest BCUT2D eigenvalue weighted by atomic mass is 19.1. The van der Waals surface area contributed by atoms with Gasteiger partial charge in [-0.3, -0.25) is 14.5 Å². The number of carbonyl (C=O) groups excluding carboxylic acids is 1. The second-order valence-corrected chi connectivity index (χ2v) is 12.5. The van der Waals surface area contributed by atoms with E-state index in [2.05, 4.69) is 29.4 Å². The van der Waals surface area contributed by atoms with Crippen LogP contribution in [0.25, 0.3) is 16.6 Å². The Balaban J connectivity index is 1.19. The van der Waals surface area contributed by atoms with E-state index < -0.39 is 34.4 Å². The minimum Gasteiger partial charge on any atom is -0.477 e. The number of anilines is 2. The number of carboxylic acid groups (broad SMARTS) is 1. The van der Waals surface area contributed by atoms with E-state index in [-0.39, 0.29) is 40.0 Å². The summed E-state index contributed by atoms with van der Waals surface area (Å²) in [5.74, 6) is -4.10. The lowest BCUT2D eigenvalue weighted by Gasteiger charge is -2.41. The zero-order valence-corrected chi connectivity index (χ0v) is 28.2. The third-order valence-electron chi connectivity index (χ3n) is 9.05. The summed E-state index contributed by atoms with van der Waals surface area (Å²) < 4.78 is 45.3. The number of hydrogen-bond donors (Lipinski definition) is 4. The van der Waals surface area contributed by atoms with E-state index in [9.17, 15) is 28.3 Å². The normalized spacial score (nSPS) is 15.4. The van der Waals surface area contributed by atoms with Crippen molar-refractivity contribution < 1.29 is 27.9 Å². The van der Waals surface area contributed by atoms with Crippen molar-refractivity contribution in [3.8, 4) is 5.69 Å². The molecule has 0 aliphatic carbocycles. The maximum atomic E-state index is 15.6. The third-order valence-corrected chi connectivity index (χ3v) is 9.05. The third kappa shape index (κ3) is 8.11. The molecule has 0 radical (unpaired) electrons. The van der Waals surface area contributed by atoms with Crippen molar-refractivity contribution in [1.29, 1.82) is 0 Å². The van der Waals surface area contributed by atoms with Gasteiger partial charge in [-0.2, -0.15) is 0 Å². The van der Waals surface area contributed by atoms with Crippen molar-refractivity contribution in [3.05, 3.63) is 111 Å². The molecule has 1 aromatic heterocycles. The standard InChI is InChI=1S/C37H41F3N6O4/c1-4-24-15-26(9-7-22(24)2)43-34(41)19-35(47)42-11-5-6-12-44-13-14-45(20-23(44)3)33-18-32-27(17-30(33)40)36(48)28(37(49)50)21-46(32)31-10-8-25(38)16-29(31)39/h7-10,15-19,21,23,43H,4-6,11-14,20,41H2,1-3H3,(H,42,47)(H,49,50)/b34-19+/t23-/m1/s1. The minimum atomic E-state index is -1.55. The molecule has 0 unspecified atom stereocenters. The van der Waals surface area contributed by atoms with Gasteiger partial charge < -0.3 is 30.9 Å². The first kappa shape index (κ1) is 36.0. The Labute approximate surface area is 288 Å². The Bertz CT molecular complexity index is 2010. The Morgan fingerprint density at radius 1 is 1.02 bits per heavy atom. The number of carboxylic acids is 1. The van der Waals surface area contributed by atoms with Crippen molar-refractivity contribution in [3.63, 3.8) is 0 Å². The summed E-state index contributed by atoms with van der Waals surface area (Å²) in [6, 6.07) is 11.2. The number of hydrogen-bond acceptors (Lipinski definition) is 7. The highest BCUT2D eigenvalue weighted by Crippen LogP contribution is 2.30. The number of pyridine rings is 1. The number of aryl methyl sites for hydroxylation is 2. The molecular formula is C37H41F3N6O4. The fourth-order valence-corrected chi connectivity index (χ4v) is 6.33. The molecule has 13 heteroatoms. The molecule has 50 heavy (non-hydrogen) atoms. The minimum absolute atomic E-state index is 0.0309. The van der Waals surface area contributed by atoms with Gasteiger partial charge in [-0.15, -0.1) is 0 Å². The molecule has 1 amide bonds. The monoisotopic (exact) mass is 690 g/mol. The molecule has 5 rings (SSSR count). The highest BCUT2D eigenvalue weighted by Gasteiger charge is 2.27. The molecule has 1 aliphatic heterocycles. The topological polar surface area (TPSA) is 133 Å². The number of nitrogens with one attached hydrogen (secondary N) is 2. The van der Waals surface area contributed by atoms with Crippen molar-refractivity contribution in [1.82, 2.24) is 14.8 Å². The van der Waals surface area contributed by atoms with Crippen LogP contribution >= 0.6 is 0 Å². The van der Waals surface area contributed by atoms with E-state index in [4.69, 9.17) is 5.73 Å². The van der Waals surface area contributed by atoms with Crippen LogP contribution < -0.4 is 26.7 Å². The van der Waals surface area contributed by atoms with E-state index >= 15 is 4.39 Å². The SMILES string of the molecule is CCc1cc(N/C(N)=C/C(=O)NCCCCN2CCN(c3cc4c(cc3F)c(=O)c(C(=O)O)cn4-c3ccc(F)cc3F)C[C@H]2C)ccc1C. The predicted molar refractivity (Wildman–Crippen MR) is 188 cm³/mol. The number of nitrogens with two attached hydrogens (primary N) is 1. The van der Waals surface area contributed by atoms with Gasteiger partial charge in [0, 0.05) is 61.6 Å². The molecule has 264 valence electrons. The number of halogens is 3. The van der Waals surface area contributed by atoms with Gasteiger partial charge in [-0.1, -0.05) is 13.0 Å². The van der Waals surface area contributed by atoms with Crippen LogP contribution in [0, 0.1) is 24.4 Å². The van der Waals surface area contributed by atoms with Crippen molar-refractivity contribution in [2.45, 2.75) is 46.1 Å². The highest BCUT2D eigenvalue weighted by molar-refractivity contribution is 5.94. The summed E-state index contributed by atoms with van der Waals surface area (Å²) in [5, 5.41) is 15.3. The second-order valence-electron chi connectivity index (χ2n) is 12.5. The number of rotatable bonds is 12. The summed E-state index contributed by atoms with van der Waals surface area (Å²) in [6.45, 7) is 8.93. The largest absolute Gasteiger partial charge is 0.477 e. The molecule has 1 fully saturated rings.